The number of halogens is 4. The molecule has 0 spiro atoms. The van der Waals surface area contributed by atoms with Gasteiger partial charge in [0.2, 0.25) is 0 Å². The van der Waals surface area contributed by atoms with Crippen molar-refractivity contribution < 1.29 is 17.9 Å². The lowest BCUT2D eigenvalue weighted by atomic mass is 10.0. The van der Waals surface area contributed by atoms with E-state index in [1.165, 1.54) is 12.1 Å². The van der Waals surface area contributed by atoms with Gasteiger partial charge in [0.25, 0.3) is 0 Å². The first-order valence-electron chi connectivity index (χ1n) is 5.07. The van der Waals surface area contributed by atoms with Gasteiger partial charge in [0.15, 0.2) is 0 Å². The van der Waals surface area contributed by atoms with Gasteiger partial charge in [0.1, 0.15) is 5.75 Å². The molecule has 2 rings (SSSR count). The Labute approximate surface area is 103 Å². The topological polar surface area (TPSA) is 35.2 Å². The molecule has 0 saturated heterocycles. The van der Waals surface area contributed by atoms with Gasteiger partial charge in [-0.15, -0.1) is 25.6 Å². The molecule has 6 heteroatoms. The molecule has 1 aromatic rings. The fourth-order valence-corrected chi connectivity index (χ4v) is 1.68. The number of ether oxygens (including phenoxy) is 1. The number of hydrogen-bond acceptors (Lipinski definition) is 2. The van der Waals surface area contributed by atoms with Gasteiger partial charge in [0.05, 0.1) is 0 Å². The predicted molar refractivity (Wildman–Crippen MR) is 60.0 cm³/mol. The summed E-state index contributed by atoms with van der Waals surface area (Å²) in [4.78, 5) is 0. The molecule has 0 amide bonds. The van der Waals surface area contributed by atoms with Crippen molar-refractivity contribution in [2.45, 2.75) is 25.2 Å². The smallest absolute Gasteiger partial charge is 0.405 e. The van der Waals surface area contributed by atoms with Crippen molar-refractivity contribution in [2.24, 2.45) is 11.7 Å². The van der Waals surface area contributed by atoms with Crippen molar-refractivity contribution in [3.05, 3.63) is 29.8 Å². The van der Waals surface area contributed by atoms with Gasteiger partial charge in [-0.25, -0.2) is 0 Å². The molecule has 0 radical (unpaired) electrons. The van der Waals surface area contributed by atoms with Crippen LogP contribution >= 0.6 is 12.4 Å². The van der Waals surface area contributed by atoms with E-state index >= 15 is 0 Å². The minimum absolute atomic E-state index is 0. The number of rotatable bonds is 3. The van der Waals surface area contributed by atoms with Crippen molar-refractivity contribution in [3.8, 4) is 5.75 Å². The lowest BCUT2D eigenvalue weighted by Gasteiger charge is -2.17. The van der Waals surface area contributed by atoms with Crippen molar-refractivity contribution in [2.75, 3.05) is 0 Å². The second-order valence-electron chi connectivity index (χ2n) is 3.95. The van der Waals surface area contributed by atoms with Gasteiger partial charge in [-0.2, -0.15) is 0 Å². The van der Waals surface area contributed by atoms with Crippen LogP contribution < -0.4 is 10.5 Å². The number of benzene rings is 1. The Morgan fingerprint density at radius 3 is 2.35 bits per heavy atom. The van der Waals surface area contributed by atoms with Gasteiger partial charge in [0, 0.05) is 11.6 Å². The van der Waals surface area contributed by atoms with Gasteiger partial charge < -0.3 is 10.5 Å². The monoisotopic (exact) mass is 267 g/mol. The third kappa shape index (κ3) is 3.78. The Hall–Kier alpha value is -0.940. The van der Waals surface area contributed by atoms with Crippen LogP contribution in [0, 0.1) is 5.92 Å². The van der Waals surface area contributed by atoms with Gasteiger partial charge in [-0.05, 0) is 24.8 Å². The standard InChI is InChI=1S/C11H12F3NO.ClH/c12-11(13,14)16-9-4-2-1-3-8(9)10(15)7-5-6-7;/h1-4,7,10H,5-6,15H2;1H/t10-;/m0./s1. The number of para-hydroxylation sites is 1. The Morgan fingerprint density at radius 2 is 1.82 bits per heavy atom. The second-order valence-corrected chi connectivity index (χ2v) is 3.95. The Bertz CT molecular complexity index is 379. The number of alkyl halides is 3. The Balaban J connectivity index is 0.00000144. The molecular weight excluding hydrogens is 255 g/mol. The molecule has 1 fully saturated rings. The number of nitrogens with two attached hydrogens (primary N) is 1. The van der Waals surface area contributed by atoms with Crippen LogP contribution in [0.15, 0.2) is 24.3 Å². The first-order valence-corrected chi connectivity index (χ1v) is 5.07. The Kier molecular flexibility index (Phi) is 4.27. The van der Waals surface area contributed by atoms with E-state index in [0.29, 0.717) is 5.56 Å². The van der Waals surface area contributed by atoms with Crippen molar-refractivity contribution in [3.63, 3.8) is 0 Å². The fourth-order valence-electron chi connectivity index (χ4n) is 1.68. The quantitative estimate of drug-likeness (QED) is 0.911. The Morgan fingerprint density at radius 1 is 1.24 bits per heavy atom. The molecule has 17 heavy (non-hydrogen) atoms. The molecule has 0 aliphatic heterocycles. The van der Waals surface area contributed by atoms with Crippen LogP contribution in [0.5, 0.6) is 5.75 Å². The van der Waals surface area contributed by atoms with Gasteiger partial charge in [-0.1, -0.05) is 18.2 Å². The molecule has 0 bridgehead atoms. The average Bonchev–Trinajstić information content (AvgIpc) is 2.98. The molecular formula is C11H13ClF3NO. The third-order valence-electron chi connectivity index (χ3n) is 2.63. The molecule has 0 aromatic heterocycles. The number of hydrogen-bond donors (Lipinski definition) is 1. The van der Waals surface area contributed by atoms with Crippen LogP contribution in [0.1, 0.15) is 24.4 Å². The van der Waals surface area contributed by atoms with Crippen LogP contribution in [0.3, 0.4) is 0 Å². The molecule has 1 atom stereocenters. The lowest BCUT2D eigenvalue weighted by molar-refractivity contribution is -0.275. The highest BCUT2D eigenvalue weighted by atomic mass is 35.5. The predicted octanol–water partition coefficient (Wildman–Crippen LogP) is 3.42. The zero-order chi connectivity index (χ0) is 11.8. The van der Waals surface area contributed by atoms with E-state index in [0.717, 1.165) is 12.8 Å². The van der Waals surface area contributed by atoms with E-state index in [4.69, 9.17) is 5.73 Å². The van der Waals surface area contributed by atoms with Crippen LogP contribution in [0.2, 0.25) is 0 Å². The zero-order valence-corrected chi connectivity index (χ0v) is 9.72. The average molecular weight is 268 g/mol. The van der Waals surface area contributed by atoms with Gasteiger partial charge >= 0.3 is 6.36 Å². The molecule has 1 aliphatic carbocycles. The lowest BCUT2D eigenvalue weighted by Crippen LogP contribution is -2.20. The van der Waals surface area contributed by atoms with E-state index in [2.05, 4.69) is 4.74 Å². The molecule has 0 unspecified atom stereocenters. The summed E-state index contributed by atoms with van der Waals surface area (Å²) in [6.45, 7) is 0. The summed E-state index contributed by atoms with van der Waals surface area (Å²) in [5.74, 6) is 0.104. The third-order valence-corrected chi connectivity index (χ3v) is 2.63. The van der Waals surface area contributed by atoms with Crippen LogP contribution in [-0.4, -0.2) is 6.36 Å². The van der Waals surface area contributed by atoms with Crippen molar-refractivity contribution in [1.82, 2.24) is 0 Å². The molecule has 0 heterocycles. The van der Waals surface area contributed by atoms with E-state index < -0.39 is 6.36 Å². The van der Waals surface area contributed by atoms with E-state index in [1.54, 1.807) is 12.1 Å². The molecule has 1 aromatic carbocycles. The van der Waals surface area contributed by atoms with Crippen molar-refractivity contribution >= 4 is 12.4 Å². The zero-order valence-electron chi connectivity index (χ0n) is 8.91. The first kappa shape index (κ1) is 14.1. The largest absolute Gasteiger partial charge is 0.573 e. The minimum atomic E-state index is -4.67. The maximum Gasteiger partial charge on any atom is 0.573 e. The summed E-state index contributed by atoms with van der Waals surface area (Å²) in [6.07, 6.45) is -2.72. The van der Waals surface area contributed by atoms with E-state index in [-0.39, 0.29) is 30.1 Å². The fraction of sp³-hybridized carbons (Fsp3) is 0.455. The summed E-state index contributed by atoms with van der Waals surface area (Å²) >= 11 is 0. The maximum atomic E-state index is 12.1. The molecule has 96 valence electrons. The van der Waals surface area contributed by atoms with Crippen molar-refractivity contribution in [1.29, 1.82) is 0 Å². The highest BCUT2D eigenvalue weighted by molar-refractivity contribution is 5.85. The molecule has 2 N–H and O–H groups in total. The molecule has 2 nitrogen and oxygen atoms in total. The first-order chi connectivity index (χ1) is 7.47. The summed E-state index contributed by atoms with van der Waals surface area (Å²) in [5, 5.41) is 0. The highest BCUT2D eigenvalue weighted by Gasteiger charge is 2.35. The highest BCUT2D eigenvalue weighted by Crippen LogP contribution is 2.42. The van der Waals surface area contributed by atoms with E-state index in [1.807, 2.05) is 0 Å². The molecule has 1 saturated carbocycles. The minimum Gasteiger partial charge on any atom is -0.405 e. The van der Waals surface area contributed by atoms with Crippen LogP contribution in [0.25, 0.3) is 0 Å². The summed E-state index contributed by atoms with van der Waals surface area (Å²) < 4.78 is 40.4. The summed E-state index contributed by atoms with van der Waals surface area (Å²) in [6, 6.07) is 5.69. The normalized spacial score (nSPS) is 17.2. The summed E-state index contributed by atoms with van der Waals surface area (Å²) in [7, 11) is 0. The van der Waals surface area contributed by atoms with Gasteiger partial charge in [-0.3, -0.25) is 0 Å². The van der Waals surface area contributed by atoms with Crippen LogP contribution in [0.4, 0.5) is 13.2 Å². The summed E-state index contributed by atoms with van der Waals surface area (Å²) in [5.41, 5.74) is 6.31. The van der Waals surface area contributed by atoms with E-state index in [9.17, 15) is 13.2 Å². The maximum absolute atomic E-state index is 12.1. The SMILES string of the molecule is Cl.N[C@H](c1ccccc1OC(F)(F)F)C1CC1. The molecule has 1 aliphatic rings. The van der Waals surface area contributed by atoms with Crippen LogP contribution in [-0.2, 0) is 0 Å². The second kappa shape index (κ2) is 5.14.